The average Bonchev–Trinajstić information content (AvgIpc) is 3.15. The number of piperidine rings is 1. The van der Waals surface area contributed by atoms with Crippen LogP contribution in [0.3, 0.4) is 0 Å². The lowest BCUT2D eigenvalue weighted by Gasteiger charge is -2.33. The van der Waals surface area contributed by atoms with Gasteiger partial charge in [-0.05, 0) is 48.9 Å². The molecule has 0 radical (unpaired) electrons. The topological polar surface area (TPSA) is 71.2 Å². The summed E-state index contributed by atoms with van der Waals surface area (Å²) in [4.78, 5) is 18.4. The van der Waals surface area contributed by atoms with Crippen LogP contribution in [0.15, 0.2) is 24.4 Å². The van der Waals surface area contributed by atoms with E-state index in [4.69, 9.17) is 5.73 Å². The van der Waals surface area contributed by atoms with Crippen LogP contribution < -0.4 is 11.1 Å². The molecule has 0 unspecified atom stereocenters. The molecule has 0 saturated carbocycles. The van der Waals surface area contributed by atoms with Gasteiger partial charge in [-0.1, -0.05) is 0 Å². The van der Waals surface area contributed by atoms with E-state index in [0.717, 1.165) is 42.5 Å². The number of halogens is 4. The minimum atomic E-state index is -4.52. The van der Waals surface area contributed by atoms with E-state index in [1.54, 1.807) is 4.90 Å². The lowest BCUT2D eigenvalue weighted by molar-refractivity contribution is -0.137. The van der Waals surface area contributed by atoms with Crippen molar-refractivity contribution >= 4 is 17.4 Å². The number of rotatable bonds is 2. The average molecular weight is 408 g/mol. The molecule has 0 aliphatic carbocycles. The number of nitrogens with two attached hydrogens (primary N) is 1. The number of aromatic nitrogens is 1. The Morgan fingerprint density at radius 3 is 2.62 bits per heavy atom. The molecule has 3 heterocycles. The number of amides is 1. The molecular weight excluding hydrogens is 388 g/mol. The molecule has 1 fully saturated rings. The van der Waals surface area contributed by atoms with Gasteiger partial charge < -0.3 is 16.0 Å². The largest absolute Gasteiger partial charge is 0.416 e. The Labute approximate surface area is 164 Å². The molecule has 0 bridgehead atoms. The van der Waals surface area contributed by atoms with Crippen LogP contribution in [-0.2, 0) is 12.6 Å². The fourth-order valence-electron chi connectivity index (χ4n) is 4.17. The maximum Gasteiger partial charge on any atom is 0.416 e. The Morgan fingerprint density at radius 1 is 1.24 bits per heavy atom. The first-order valence-corrected chi connectivity index (χ1v) is 9.43. The highest BCUT2D eigenvalue weighted by Gasteiger charge is 2.33. The zero-order valence-corrected chi connectivity index (χ0v) is 15.5. The predicted molar refractivity (Wildman–Crippen MR) is 100 cm³/mol. The molecule has 29 heavy (non-hydrogen) atoms. The molecule has 3 N–H and O–H groups in total. The van der Waals surface area contributed by atoms with Gasteiger partial charge in [-0.2, -0.15) is 13.2 Å². The van der Waals surface area contributed by atoms with Crippen molar-refractivity contribution in [1.29, 1.82) is 0 Å². The normalized spacial score (nSPS) is 17.2. The fraction of sp³-hybridized carbons (Fsp3) is 0.400. The van der Waals surface area contributed by atoms with Crippen LogP contribution in [0, 0.1) is 5.82 Å². The number of hydrogen-bond donors (Lipinski definition) is 2. The standard InChI is InChI=1S/C20H20F4N4O/c21-15-10-27-18-14(3-6-26-18)17(15)11-4-7-28(8-5-11)19(29)13-2-1-12(9-16(13)25)20(22,23)24/h1-2,9-11H,3-8,25H2,(H,26,27). The number of carbonyl (C=O) groups is 1. The SMILES string of the molecule is Nc1cc(C(F)(F)F)ccc1C(=O)N1CCC(c2c(F)cnc3c2CCN3)CC1. The molecule has 1 saturated heterocycles. The third kappa shape index (κ3) is 3.61. The van der Waals surface area contributed by atoms with E-state index in [0.29, 0.717) is 31.5 Å². The molecule has 0 atom stereocenters. The number of nitrogens with zero attached hydrogens (tertiary/aromatic N) is 2. The van der Waals surface area contributed by atoms with Crippen LogP contribution in [0.2, 0.25) is 0 Å². The van der Waals surface area contributed by atoms with Gasteiger partial charge in [0.05, 0.1) is 17.3 Å². The van der Waals surface area contributed by atoms with Crippen LogP contribution in [0.4, 0.5) is 29.1 Å². The van der Waals surface area contributed by atoms with Crippen LogP contribution in [-0.4, -0.2) is 35.4 Å². The maximum atomic E-state index is 14.5. The number of alkyl halides is 3. The van der Waals surface area contributed by atoms with E-state index in [2.05, 4.69) is 10.3 Å². The summed E-state index contributed by atoms with van der Waals surface area (Å²) in [5.41, 5.74) is 6.25. The molecule has 9 heteroatoms. The van der Waals surface area contributed by atoms with Gasteiger partial charge in [0, 0.05) is 30.9 Å². The summed E-state index contributed by atoms with van der Waals surface area (Å²) >= 11 is 0. The Hall–Kier alpha value is -2.84. The summed E-state index contributed by atoms with van der Waals surface area (Å²) in [5, 5.41) is 3.14. The van der Waals surface area contributed by atoms with Gasteiger partial charge in [0.1, 0.15) is 11.6 Å². The first kappa shape index (κ1) is 19.5. The van der Waals surface area contributed by atoms with E-state index in [9.17, 15) is 22.4 Å². The van der Waals surface area contributed by atoms with E-state index in [1.165, 1.54) is 6.20 Å². The number of anilines is 2. The zero-order chi connectivity index (χ0) is 20.8. The summed E-state index contributed by atoms with van der Waals surface area (Å²) in [7, 11) is 0. The highest BCUT2D eigenvalue weighted by atomic mass is 19.4. The minimum absolute atomic E-state index is 0.0272. The van der Waals surface area contributed by atoms with Gasteiger partial charge in [0.2, 0.25) is 0 Å². The third-order valence-electron chi connectivity index (χ3n) is 5.64. The number of nitrogens with one attached hydrogen (secondary N) is 1. The van der Waals surface area contributed by atoms with Crippen molar-refractivity contribution in [1.82, 2.24) is 9.88 Å². The van der Waals surface area contributed by atoms with Crippen molar-refractivity contribution in [2.45, 2.75) is 31.4 Å². The fourth-order valence-corrected chi connectivity index (χ4v) is 4.17. The van der Waals surface area contributed by atoms with Crippen LogP contribution in [0.25, 0.3) is 0 Å². The molecule has 1 aromatic heterocycles. The smallest absolute Gasteiger partial charge is 0.398 e. The van der Waals surface area contributed by atoms with Gasteiger partial charge in [-0.25, -0.2) is 9.37 Å². The third-order valence-corrected chi connectivity index (χ3v) is 5.64. The van der Waals surface area contributed by atoms with Crippen molar-refractivity contribution < 1.29 is 22.4 Å². The Balaban J connectivity index is 1.48. The molecule has 2 aliphatic heterocycles. The van der Waals surface area contributed by atoms with E-state index < -0.39 is 17.6 Å². The number of likely N-dealkylation sites (tertiary alicyclic amines) is 1. The van der Waals surface area contributed by atoms with Crippen molar-refractivity contribution in [3.05, 3.63) is 52.5 Å². The zero-order valence-electron chi connectivity index (χ0n) is 15.5. The lowest BCUT2D eigenvalue weighted by Crippen LogP contribution is -2.38. The molecule has 2 aromatic rings. The van der Waals surface area contributed by atoms with Gasteiger partial charge in [-0.3, -0.25) is 4.79 Å². The first-order valence-electron chi connectivity index (χ1n) is 9.43. The minimum Gasteiger partial charge on any atom is -0.398 e. The molecular formula is C20H20F4N4O. The van der Waals surface area contributed by atoms with E-state index in [-0.39, 0.29) is 23.0 Å². The van der Waals surface area contributed by atoms with Gasteiger partial charge in [0.15, 0.2) is 0 Å². The lowest BCUT2D eigenvalue weighted by atomic mass is 9.86. The molecule has 154 valence electrons. The number of nitrogen functional groups attached to an aromatic ring is 1. The van der Waals surface area contributed by atoms with Crippen LogP contribution >= 0.6 is 0 Å². The Bertz CT molecular complexity index is 952. The second kappa shape index (κ2) is 7.20. The molecule has 2 aliphatic rings. The Kier molecular flexibility index (Phi) is 4.84. The summed E-state index contributed by atoms with van der Waals surface area (Å²) in [6, 6.07) is 2.76. The number of fused-ring (bicyclic) bond motifs is 1. The van der Waals surface area contributed by atoms with Crippen molar-refractivity contribution in [2.75, 3.05) is 30.7 Å². The number of hydrogen-bond acceptors (Lipinski definition) is 4. The Morgan fingerprint density at radius 2 is 1.97 bits per heavy atom. The monoisotopic (exact) mass is 408 g/mol. The molecule has 1 aromatic carbocycles. The summed E-state index contributed by atoms with van der Waals surface area (Å²) in [6.07, 6.45) is -1.43. The number of carbonyl (C=O) groups excluding carboxylic acids is 1. The second-order valence-corrected chi connectivity index (χ2v) is 7.39. The summed E-state index contributed by atoms with van der Waals surface area (Å²) in [5.74, 6) is -0.0425. The predicted octanol–water partition coefficient (Wildman–Crippen LogP) is 3.81. The van der Waals surface area contributed by atoms with Crippen molar-refractivity contribution in [2.24, 2.45) is 0 Å². The van der Waals surface area contributed by atoms with Gasteiger partial charge in [0.25, 0.3) is 5.91 Å². The highest BCUT2D eigenvalue weighted by Crippen LogP contribution is 2.37. The summed E-state index contributed by atoms with van der Waals surface area (Å²) in [6.45, 7) is 1.49. The van der Waals surface area contributed by atoms with Crippen molar-refractivity contribution in [3.63, 3.8) is 0 Å². The molecule has 5 nitrogen and oxygen atoms in total. The summed E-state index contributed by atoms with van der Waals surface area (Å²) < 4.78 is 52.8. The van der Waals surface area contributed by atoms with Gasteiger partial charge in [-0.15, -0.1) is 0 Å². The first-order chi connectivity index (χ1) is 13.8. The molecule has 1 amide bonds. The van der Waals surface area contributed by atoms with Gasteiger partial charge >= 0.3 is 6.18 Å². The number of pyridine rings is 1. The van der Waals surface area contributed by atoms with E-state index in [1.807, 2.05) is 0 Å². The molecule has 4 rings (SSSR count). The van der Waals surface area contributed by atoms with E-state index >= 15 is 0 Å². The van der Waals surface area contributed by atoms with Crippen molar-refractivity contribution in [3.8, 4) is 0 Å². The second-order valence-electron chi connectivity index (χ2n) is 7.39. The highest BCUT2D eigenvalue weighted by molar-refractivity contribution is 5.99. The van der Waals surface area contributed by atoms with Crippen LogP contribution in [0.1, 0.15) is 45.8 Å². The molecule has 0 spiro atoms. The quantitative estimate of drug-likeness (QED) is 0.586. The maximum absolute atomic E-state index is 14.5. The van der Waals surface area contributed by atoms with Crippen LogP contribution in [0.5, 0.6) is 0 Å². The number of benzene rings is 1.